The Morgan fingerprint density at radius 2 is 1.51 bits per heavy atom. The number of rotatable bonds is 5. The van der Waals surface area contributed by atoms with Crippen molar-refractivity contribution in [1.29, 1.82) is 0 Å². The fraction of sp³-hybridized carbons (Fsp3) is 0.312. The van der Waals surface area contributed by atoms with Crippen LogP contribution in [0.1, 0.15) is 40.0 Å². The second-order valence-electron chi connectivity index (χ2n) is 11.5. The van der Waals surface area contributed by atoms with Gasteiger partial charge in [-0.15, -0.1) is 0 Å². The monoisotopic (exact) mass is 579 g/mol. The molecule has 3 N–H and O–H groups in total. The molecule has 3 aliphatic rings. The highest BCUT2D eigenvalue weighted by Crippen LogP contribution is 2.45. The first-order chi connectivity index (χ1) is 20.9. The standard InChI is InChI=1S/C32H29N5O6/c38-21-15-36-19-9-3-1-7-17(19)24-26-27(31(41)34-30(26)40)25-18-8-2-4-10-20(18)37(29(25)28(24)36)16-22(21)43-32(42)33-12-6-14-35-13-5-11-23(35)39/h1-4,7-10,21-22,38H,5-6,11-16H2,(H,33,42)(H,34,40,41). The molecule has 43 heavy (non-hydrogen) atoms. The normalized spacial score (nSPS) is 19.9. The number of nitrogens with zero attached hydrogens (tertiary/aromatic N) is 3. The summed E-state index contributed by atoms with van der Waals surface area (Å²) < 4.78 is 9.84. The smallest absolute Gasteiger partial charge is 0.407 e. The summed E-state index contributed by atoms with van der Waals surface area (Å²) in [5, 5.41) is 19.8. The Bertz CT molecular complexity index is 2040. The fourth-order valence-corrected chi connectivity index (χ4v) is 7.22. The average molecular weight is 580 g/mol. The molecule has 0 radical (unpaired) electrons. The lowest BCUT2D eigenvalue weighted by Crippen LogP contribution is -2.41. The van der Waals surface area contributed by atoms with E-state index in [4.69, 9.17) is 4.74 Å². The Labute approximate surface area is 245 Å². The zero-order valence-electron chi connectivity index (χ0n) is 23.3. The largest absolute Gasteiger partial charge is 0.441 e. The van der Waals surface area contributed by atoms with Gasteiger partial charge in [-0.25, -0.2) is 4.79 Å². The number of aliphatic hydroxyl groups is 1. The van der Waals surface area contributed by atoms with Crippen LogP contribution in [0.4, 0.5) is 4.79 Å². The van der Waals surface area contributed by atoms with Crippen LogP contribution in [-0.2, 0) is 22.6 Å². The maximum atomic E-state index is 13.3. The van der Waals surface area contributed by atoms with Crippen LogP contribution in [0, 0.1) is 0 Å². The SMILES string of the molecule is O=C(NCCCN1CCCC1=O)OC1Cn2c3ccccc3c3c4c(c5c6ccccc6n(c5c32)CC1O)C(=O)NC4=O. The number of aliphatic hydroxyl groups excluding tert-OH is 1. The van der Waals surface area contributed by atoms with Gasteiger partial charge in [-0.3, -0.25) is 19.7 Å². The van der Waals surface area contributed by atoms with E-state index in [0.717, 1.165) is 45.8 Å². The number of benzene rings is 3. The van der Waals surface area contributed by atoms with Gasteiger partial charge in [-0.1, -0.05) is 36.4 Å². The van der Waals surface area contributed by atoms with Gasteiger partial charge in [0.1, 0.15) is 12.2 Å². The van der Waals surface area contributed by atoms with Crippen LogP contribution in [0.25, 0.3) is 43.6 Å². The molecule has 0 aliphatic carbocycles. The second-order valence-corrected chi connectivity index (χ2v) is 11.5. The number of fused-ring (bicyclic) bond motifs is 9. The molecule has 3 aromatic carbocycles. The topological polar surface area (TPSA) is 135 Å². The lowest BCUT2D eigenvalue weighted by atomic mass is 9.96. The second kappa shape index (κ2) is 9.56. The van der Waals surface area contributed by atoms with Crippen LogP contribution >= 0.6 is 0 Å². The minimum absolute atomic E-state index is 0.115. The third kappa shape index (κ3) is 3.77. The third-order valence-corrected chi connectivity index (χ3v) is 9.06. The Balaban J connectivity index is 1.24. The number of amides is 4. The molecule has 1 saturated heterocycles. The summed E-state index contributed by atoms with van der Waals surface area (Å²) in [6.07, 6.45) is -0.583. The van der Waals surface area contributed by atoms with E-state index in [9.17, 15) is 24.3 Å². The zero-order chi connectivity index (χ0) is 29.4. The van der Waals surface area contributed by atoms with Crippen LogP contribution < -0.4 is 10.6 Å². The summed E-state index contributed by atoms with van der Waals surface area (Å²) >= 11 is 0. The van der Waals surface area contributed by atoms with E-state index < -0.39 is 30.1 Å². The summed E-state index contributed by atoms with van der Waals surface area (Å²) in [6, 6.07) is 15.3. The number of nitrogens with one attached hydrogen (secondary N) is 2. The van der Waals surface area contributed by atoms with E-state index in [-0.39, 0.29) is 19.0 Å². The summed E-state index contributed by atoms with van der Waals surface area (Å²) in [5.74, 6) is -0.729. The molecule has 2 atom stereocenters. The van der Waals surface area contributed by atoms with Crippen molar-refractivity contribution in [2.45, 2.75) is 44.6 Å². The molecule has 2 aromatic heterocycles. The summed E-state index contributed by atoms with van der Waals surface area (Å²) in [7, 11) is 0. The number of aromatic nitrogens is 2. The Morgan fingerprint density at radius 1 is 0.907 bits per heavy atom. The van der Waals surface area contributed by atoms with E-state index in [0.29, 0.717) is 47.8 Å². The molecule has 5 heterocycles. The molecular formula is C32H29N5O6. The van der Waals surface area contributed by atoms with Crippen molar-refractivity contribution in [1.82, 2.24) is 24.7 Å². The van der Waals surface area contributed by atoms with Crippen LogP contribution in [0.2, 0.25) is 0 Å². The molecule has 8 rings (SSSR count). The van der Waals surface area contributed by atoms with Crippen LogP contribution in [0.3, 0.4) is 0 Å². The van der Waals surface area contributed by atoms with E-state index in [1.54, 1.807) is 4.90 Å². The predicted molar refractivity (Wildman–Crippen MR) is 159 cm³/mol. The fourth-order valence-electron chi connectivity index (χ4n) is 7.22. The number of carbonyl (C=O) groups excluding carboxylic acids is 4. The molecule has 2 unspecified atom stereocenters. The van der Waals surface area contributed by atoms with Gasteiger partial charge in [0, 0.05) is 58.6 Å². The Kier molecular flexibility index (Phi) is 5.73. The van der Waals surface area contributed by atoms with Gasteiger partial charge >= 0.3 is 6.09 Å². The highest BCUT2D eigenvalue weighted by molar-refractivity contribution is 6.39. The van der Waals surface area contributed by atoms with Crippen LogP contribution in [0.5, 0.6) is 0 Å². The van der Waals surface area contributed by atoms with E-state index in [2.05, 4.69) is 10.6 Å². The number of likely N-dealkylation sites (tertiary alicyclic amines) is 1. The van der Waals surface area contributed by atoms with Crippen molar-refractivity contribution >= 4 is 67.4 Å². The number of imide groups is 1. The molecular weight excluding hydrogens is 550 g/mol. The van der Waals surface area contributed by atoms with Crippen LogP contribution in [0.15, 0.2) is 48.5 Å². The van der Waals surface area contributed by atoms with Crippen molar-refractivity contribution in [3.05, 3.63) is 59.7 Å². The van der Waals surface area contributed by atoms with Gasteiger partial charge in [0.05, 0.1) is 35.2 Å². The number of hydrogen-bond donors (Lipinski definition) is 3. The number of alkyl carbamates (subject to hydrolysis) is 1. The molecule has 5 aromatic rings. The van der Waals surface area contributed by atoms with Gasteiger partial charge in [-0.2, -0.15) is 0 Å². The molecule has 11 heteroatoms. The van der Waals surface area contributed by atoms with Gasteiger partial charge in [0.25, 0.3) is 11.8 Å². The summed E-state index contributed by atoms with van der Waals surface area (Å²) in [4.78, 5) is 53.2. The van der Waals surface area contributed by atoms with Gasteiger partial charge in [0.15, 0.2) is 0 Å². The first-order valence-electron chi connectivity index (χ1n) is 14.7. The summed E-state index contributed by atoms with van der Waals surface area (Å²) in [6.45, 7) is 1.92. The molecule has 4 amide bonds. The lowest BCUT2D eigenvalue weighted by Gasteiger charge is -2.28. The first-order valence-corrected chi connectivity index (χ1v) is 14.7. The molecule has 1 fully saturated rings. The highest BCUT2D eigenvalue weighted by atomic mass is 16.6. The first kappa shape index (κ1) is 25.8. The quantitative estimate of drug-likeness (QED) is 0.216. The van der Waals surface area contributed by atoms with Crippen molar-refractivity contribution in [2.75, 3.05) is 19.6 Å². The average Bonchev–Trinajstić information content (AvgIpc) is 3.72. The van der Waals surface area contributed by atoms with Crippen molar-refractivity contribution in [2.24, 2.45) is 0 Å². The minimum atomic E-state index is -1.07. The number of carbonyl (C=O) groups is 4. The molecule has 0 bridgehead atoms. The molecule has 3 aliphatic heterocycles. The maximum absolute atomic E-state index is 13.3. The van der Waals surface area contributed by atoms with E-state index in [1.165, 1.54) is 0 Å². The zero-order valence-corrected chi connectivity index (χ0v) is 23.3. The highest BCUT2D eigenvalue weighted by Gasteiger charge is 2.39. The molecule has 11 nitrogen and oxygen atoms in total. The lowest BCUT2D eigenvalue weighted by molar-refractivity contribution is -0.127. The molecule has 0 spiro atoms. The Hall–Kier alpha value is -4.90. The number of hydrogen-bond acceptors (Lipinski definition) is 6. The van der Waals surface area contributed by atoms with Crippen LogP contribution in [-0.4, -0.2) is 74.8 Å². The number of ether oxygens (including phenoxy) is 1. The van der Waals surface area contributed by atoms with E-state index in [1.807, 2.05) is 57.7 Å². The van der Waals surface area contributed by atoms with Gasteiger partial charge < -0.3 is 29.2 Å². The maximum Gasteiger partial charge on any atom is 0.407 e. The number of para-hydroxylation sites is 2. The minimum Gasteiger partial charge on any atom is -0.441 e. The van der Waals surface area contributed by atoms with Gasteiger partial charge in [0.2, 0.25) is 5.91 Å². The van der Waals surface area contributed by atoms with Crippen molar-refractivity contribution in [3.8, 4) is 0 Å². The predicted octanol–water partition coefficient (Wildman–Crippen LogP) is 3.27. The summed E-state index contributed by atoms with van der Waals surface area (Å²) in [5.41, 5.74) is 3.81. The van der Waals surface area contributed by atoms with Gasteiger partial charge in [-0.05, 0) is 25.0 Å². The molecule has 218 valence electrons. The third-order valence-electron chi connectivity index (χ3n) is 9.06. The van der Waals surface area contributed by atoms with Crippen molar-refractivity contribution < 1.29 is 29.0 Å². The molecule has 0 saturated carbocycles. The Morgan fingerprint density at radius 3 is 2.12 bits per heavy atom. The van der Waals surface area contributed by atoms with Crippen molar-refractivity contribution in [3.63, 3.8) is 0 Å². The van der Waals surface area contributed by atoms with E-state index >= 15 is 0 Å².